The number of thiazole rings is 1. The van der Waals surface area contributed by atoms with Crippen LogP contribution in [0.1, 0.15) is 0 Å². The Morgan fingerprint density at radius 1 is 1.09 bits per heavy atom. The zero-order valence-electron chi connectivity index (χ0n) is 11.7. The van der Waals surface area contributed by atoms with Gasteiger partial charge in [-0.3, -0.25) is 0 Å². The molecule has 1 atom stereocenters. The van der Waals surface area contributed by atoms with E-state index in [-0.39, 0.29) is 0 Å². The van der Waals surface area contributed by atoms with Crippen LogP contribution in [0.4, 0.5) is 0 Å². The van der Waals surface area contributed by atoms with E-state index in [0.717, 1.165) is 15.6 Å². The van der Waals surface area contributed by atoms with Gasteiger partial charge in [0.1, 0.15) is 12.4 Å². The Bertz CT molecular complexity index is 684. The fourth-order valence-corrected chi connectivity index (χ4v) is 5.30. The molecule has 0 aliphatic heterocycles. The minimum Gasteiger partial charge on any atom is -0.491 e. The minimum atomic E-state index is -0.493. The number of hydrogen-bond donors (Lipinski definition) is 1. The highest BCUT2D eigenvalue weighted by atomic mass is 33.1. The molecule has 1 heterocycles. The predicted octanol–water partition coefficient (Wildman–Crippen LogP) is 4.48. The van der Waals surface area contributed by atoms with Gasteiger partial charge in [-0.2, -0.15) is 0 Å². The maximum Gasteiger partial charge on any atom is 0.161 e. The molecule has 2 aromatic carbocycles. The largest absolute Gasteiger partial charge is 0.491 e. The fraction of sp³-hybridized carbons (Fsp3) is 0.188. The van der Waals surface area contributed by atoms with Crippen molar-refractivity contribution in [3.8, 4) is 5.75 Å². The number of para-hydroxylation sites is 2. The van der Waals surface area contributed by atoms with E-state index in [0.29, 0.717) is 12.4 Å². The van der Waals surface area contributed by atoms with E-state index in [2.05, 4.69) is 11.1 Å². The molecule has 114 valence electrons. The number of fused-ring (bicyclic) bond motifs is 1. The molecule has 0 saturated heterocycles. The second kappa shape index (κ2) is 7.87. The molecule has 3 rings (SSSR count). The van der Waals surface area contributed by atoms with Gasteiger partial charge in [0.15, 0.2) is 4.34 Å². The van der Waals surface area contributed by atoms with Crippen LogP contribution in [0.15, 0.2) is 58.9 Å². The van der Waals surface area contributed by atoms with Crippen molar-refractivity contribution in [3.05, 3.63) is 54.6 Å². The zero-order valence-corrected chi connectivity index (χ0v) is 14.2. The molecule has 6 heteroatoms. The maximum absolute atomic E-state index is 9.95. The molecule has 0 aliphatic rings. The van der Waals surface area contributed by atoms with E-state index in [1.165, 1.54) is 4.70 Å². The average Bonchev–Trinajstić information content (AvgIpc) is 2.96. The standard InChI is InChI=1S/C16H15NO2S3/c18-12(10-19-13-6-2-1-3-7-13)11-20-22-16-17-14-8-4-5-9-15(14)21-16/h1-9,12,18H,10-11H2. The van der Waals surface area contributed by atoms with Crippen LogP contribution < -0.4 is 4.74 Å². The van der Waals surface area contributed by atoms with Gasteiger partial charge in [-0.05, 0) is 35.1 Å². The lowest BCUT2D eigenvalue weighted by atomic mass is 10.3. The molecule has 1 unspecified atom stereocenters. The Kier molecular flexibility index (Phi) is 5.61. The maximum atomic E-state index is 9.95. The second-order valence-electron chi connectivity index (χ2n) is 4.59. The first kappa shape index (κ1) is 15.7. The third-order valence-electron chi connectivity index (χ3n) is 2.85. The number of benzene rings is 2. The van der Waals surface area contributed by atoms with Crippen molar-refractivity contribution in [1.82, 2.24) is 4.98 Å². The van der Waals surface area contributed by atoms with Crippen LogP contribution in [-0.2, 0) is 0 Å². The Labute approximate surface area is 141 Å². The lowest BCUT2D eigenvalue weighted by molar-refractivity contribution is 0.126. The Balaban J connectivity index is 1.42. The molecule has 0 amide bonds. The van der Waals surface area contributed by atoms with Gasteiger partial charge in [-0.25, -0.2) is 4.98 Å². The summed E-state index contributed by atoms with van der Waals surface area (Å²) in [6.45, 7) is 0.303. The number of aromatic nitrogens is 1. The summed E-state index contributed by atoms with van der Waals surface area (Å²) >= 11 is 1.68. The lowest BCUT2D eigenvalue weighted by Gasteiger charge is -2.11. The molecular weight excluding hydrogens is 334 g/mol. The highest BCUT2D eigenvalue weighted by molar-refractivity contribution is 8.77. The summed E-state index contributed by atoms with van der Waals surface area (Å²) in [7, 11) is 3.20. The van der Waals surface area contributed by atoms with E-state index in [4.69, 9.17) is 4.74 Å². The number of hydrogen-bond acceptors (Lipinski definition) is 6. The van der Waals surface area contributed by atoms with Crippen LogP contribution in [0.25, 0.3) is 10.2 Å². The van der Waals surface area contributed by atoms with Crippen LogP contribution >= 0.6 is 32.9 Å². The summed E-state index contributed by atoms with van der Waals surface area (Å²) in [6, 6.07) is 17.6. The summed E-state index contributed by atoms with van der Waals surface area (Å²) in [5.74, 6) is 1.39. The zero-order chi connectivity index (χ0) is 15.2. The monoisotopic (exact) mass is 349 g/mol. The van der Waals surface area contributed by atoms with Gasteiger partial charge in [0.25, 0.3) is 0 Å². The van der Waals surface area contributed by atoms with Gasteiger partial charge in [0, 0.05) is 5.75 Å². The number of aliphatic hydroxyl groups excluding tert-OH is 1. The molecule has 0 saturated carbocycles. The summed E-state index contributed by atoms with van der Waals surface area (Å²) in [6.07, 6.45) is -0.493. The highest BCUT2D eigenvalue weighted by Crippen LogP contribution is 2.36. The highest BCUT2D eigenvalue weighted by Gasteiger charge is 2.08. The number of aliphatic hydroxyl groups is 1. The lowest BCUT2D eigenvalue weighted by Crippen LogP contribution is -2.19. The van der Waals surface area contributed by atoms with Crippen LogP contribution in [0.3, 0.4) is 0 Å². The van der Waals surface area contributed by atoms with E-state index in [1.54, 1.807) is 32.9 Å². The summed E-state index contributed by atoms with van der Waals surface area (Å²) in [4.78, 5) is 4.55. The molecule has 0 fully saturated rings. The molecule has 0 aliphatic carbocycles. The first-order chi connectivity index (χ1) is 10.8. The van der Waals surface area contributed by atoms with Crippen LogP contribution in [0.2, 0.25) is 0 Å². The first-order valence-corrected chi connectivity index (χ1v) is 9.96. The van der Waals surface area contributed by atoms with Crippen molar-refractivity contribution in [2.24, 2.45) is 0 Å². The van der Waals surface area contributed by atoms with Crippen molar-refractivity contribution >= 4 is 43.1 Å². The van der Waals surface area contributed by atoms with Crippen LogP contribution in [-0.4, -0.2) is 28.6 Å². The van der Waals surface area contributed by atoms with Crippen molar-refractivity contribution < 1.29 is 9.84 Å². The first-order valence-electron chi connectivity index (χ1n) is 6.82. The van der Waals surface area contributed by atoms with Crippen molar-refractivity contribution in [2.45, 2.75) is 10.4 Å². The smallest absolute Gasteiger partial charge is 0.161 e. The van der Waals surface area contributed by atoms with Gasteiger partial charge in [0.05, 0.1) is 16.3 Å². The second-order valence-corrected chi connectivity index (χ2v) is 8.21. The SMILES string of the molecule is OC(COc1ccccc1)CSSc1nc2ccccc2s1. The van der Waals surface area contributed by atoms with Crippen LogP contribution in [0, 0.1) is 0 Å². The fourth-order valence-electron chi connectivity index (χ4n) is 1.81. The molecule has 0 bridgehead atoms. The van der Waals surface area contributed by atoms with Crippen LogP contribution in [0.5, 0.6) is 5.75 Å². The van der Waals surface area contributed by atoms with E-state index < -0.39 is 6.10 Å². The van der Waals surface area contributed by atoms with Crippen molar-refractivity contribution in [3.63, 3.8) is 0 Å². The molecule has 1 aromatic heterocycles. The molecule has 22 heavy (non-hydrogen) atoms. The van der Waals surface area contributed by atoms with Crippen molar-refractivity contribution in [2.75, 3.05) is 12.4 Å². The predicted molar refractivity (Wildman–Crippen MR) is 95.9 cm³/mol. The minimum absolute atomic E-state index is 0.303. The Morgan fingerprint density at radius 2 is 1.86 bits per heavy atom. The van der Waals surface area contributed by atoms with Crippen molar-refractivity contribution in [1.29, 1.82) is 0 Å². The third-order valence-corrected chi connectivity index (χ3v) is 6.61. The Morgan fingerprint density at radius 3 is 2.68 bits per heavy atom. The summed E-state index contributed by atoms with van der Waals surface area (Å²) in [5, 5.41) is 9.95. The molecule has 0 radical (unpaired) electrons. The van der Waals surface area contributed by atoms with E-state index in [1.807, 2.05) is 48.5 Å². The quantitative estimate of drug-likeness (QED) is 0.637. The molecular formula is C16H15NO2S3. The number of rotatable bonds is 7. The third kappa shape index (κ3) is 4.39. The summed E-state index contributed by atoms with van der Waals surface area (Å²) in [5.41, 5.74) is 1.03. The number of nitrogens with zero attached hydrogens (tertiary/aromatic N) is 1. The number of ether oxygens (including phenoxy) is 1. The molecule has 3 aromatic rings. The molecule has 0 spiro atoms. The van der Waals surface area contributed by atoms with Gasteiger partial charge >= 0.3 is 0 Å². The average molecular weight is 350 g/mol. The van der Waals surface area contributed by atoms with Gasteiger partial charge < -0.3 is 9.84 Å². The van der Waals surface area contributed by atoms with Gasteiger partial charge in [-0.1, -0.05) is 41.1 Å². The van der Waals surface area contributed by atoms with E-state index in [9.17, 15) is 5.11 Å². The topological polar surface area (TPSA) is 42.4 Å². The Hall–Kier alpha value is -1.21. The van der Waals surface area contributed by atoms with E-state index >= 15 is 0 Å². The normalized spacial score (nSPS) is 12.4. The molecule has 1 N–H and O–H groups in total. The summed E-state index contributed by atoms with van der Waals surface area (Å²) < 4.78 is 7.74. The van der Waals surface area contributed by atoms with Gasteiger partial charge in [-0.15, -0.1) is 11.3 Å². The van der Waals surface area contributed by atoms with Gasteiger partial charge in [0.2, 0.25) is 0 Å². The molecule has 3 nitrogen and oxygen atoms in total.